The van der Waals surface area contributed by atoms with Crippen LogP contribution in [0, 0.1) is 17.7 Å². The van der Waals surface area contributed by atoms with Crippen molar-refractivity contribution < 1.29 is 13.9 Å². The van der Waals surface area contributed by atoms with Gasteiger partial charge < -0.3 is 15.8 Å². The largest absolute Gasteiger partial charge is 0.494 e. The van der Waals surface area contributed by atoms with Crippen LogP contribution in [-0.2, 0) is 4.79 Å². The van der Waals surface area contributed by atoms with Gasteiger partial charge in [0.1, 0.15) is 0 Å². The Morgan fingerprint density at radius 2 is 2.15 bits per heavy atom. The van der Waals surface area contributed by atoms with Gasteiger partial charge >= 0.3 is 0 Å². The van der Waals surface area contributed by atoms with E-state index in [1.807, 2.05) is 0 Å². The molecule has 20 heavy (non-hydrogen) atoms. The van der Waals surface area contributed by atoms with Crippen LogP contribution in [0.1, 0.15) is 26.7 Å². The maximum Gasteiger partial charge on any atom is 0.224 e. The molecule has 0 heterocycles. The van der Waals surface area contributed by atoms with Gasteiger partial charge in [-0.15, -0.1) is 0 Å². The molecule has 3 N–H and O–H groups in total. The van der Waals surface area contributed by atoms with Crippen molar-refractivity contribution in [1.82, 2.24) is 0 Å². The number of carbonyl (C=O) groups excluding carboxylic acids is 1. The minimum Gasteiger partial charge on any atom is -0.494 e. The second-order valence-electron chi connectivity index (χ2n) is 5.33. The Labute approximate surface area is 119 Å². The first-order chi connectivity index (χ1) is 9.46. The number of hydrogen-bond acceptors (Lipinski definition) is 3. The number of rotatable bonds is 7. The number of halogens is 1. The second-order valence-corrected chi connectivity index (χ2v) is 5.33. The number of amides is 1. The molecule has 0 aliphatic heterocycles. The highest BCUT2D eigenvalue weighted by Crippen LogP contribution is 2.22. The number of anilines is 1. The number of nitrogens with two attached hydrogens (primary N) is 1. The van der Waals surface area contributed by atoms with Gasteiger partial charge in [0.15, 0.2) is 11.6 Å². The average Bonchev–Trinajstić information content (AvgIpc) is 2.39. The van der Waals surface area contributed by atoms with Gasteiger partial charge in [-0.25, -0.2) is 4.39 Å². The van der Waals surface area contributed by atoms with Crippen molar-refractivity contribution in [2.75, 3.05) is 19.0 Å². The third kappa shape index (κ3) is 5.17. The SMILES string of the molecule is COc1cc(NC(=O)CC(CN)CC(C)C)ccc1F. The van der Waals surface area contributed by atoms with Crippen LogP contribution in [0.5, 0.6) is 5.75 Å². The lowest BCUT2D eigenvalue weighted by Crippen LogP contribution is -2.23. The van der Waals surface area contributed by atoms with Crippen LogP contribution in [-0.4, -0.2) is 19.6 Å². The number of nitrogens with one attached hydrogen (secondary N) is 1. The normalized spacial score (nSPS) is 12.3. The summed E-state index contributed by atoms with van der Waals surface area (Å²) in [5.41, 5.74) is 6.20. The first kappa shape index (κ1) is 16.4. The Morgan fingerprint density at radius 3 is 2.70 bits per heavy atom. The number of methoxy groups -OCH3 is 1. The van der Waals surface area contributed by atoms with Crippen LogP contribution in [0.4, 0.5) is 10.1 Å². The molecule has 0 saturated heterocycles. The topological polar surface area (TPSA) is 64.3 Å². The molecular formula is C15H23FN2O2. The summed E-state index contributed by atoms with van der Waals surface area (Å²) in [6, 6.07) is 4.24. The zero-order chi connectivity index (χ0) is 15.1. The van der Waals surface area contributed by atoms with Gasteiger partial charge in [-0.1, -0.05) is 13.8 Å². The van der Waals surface area contributed by atoms with Gasteiger partial charge in [0.2, 0.25) is 5.91 Å². The molecule has 1 aromatic carbocycles. The predicted octanol–water partition coefficient (Wildman–Crippen LogP) is 2.78. The van der Waals surface area contributed by atoms with Crippen molar-refractivity contribution in [2.45, 2.75) is 26.7 Å². The zero-order valence-electron chi connectivity index (χ0n) is 12.3. The monoisotopic (exact) mass is 282 g/mol. The van der Waals surface area contributed by atoms with Crippen molar-refractivity contribution in [3.63, 3.8) is 0 Å². The van der Waals surface area contributed by atoms with Crippen molar-refractivity contribution in [3.05, 3.63) is 24.0 Å². The fraction of sp³-hybridized carbons (Fsp3) is 0.533. The zero-order valence-corrected chi connectivity index (χ0v) is 12.3. The van der Waals surface area contributed by atoms with Gasteiger partial charge in [-0.2, -0.15) is 0 Å². The summed E-state index contributed by atoms with van der Waals surface area (Å²) in [6.07, 6.45) is 1.28. The molecule has 0 aliphatic rings. The summed E-state index contributed by atoms with van der Waals surface area (Å²) in [4.78, 5) is 11.9. The minimum absolute atomic E-state index is 0.111. The lowest BCUT2D eigenvalue weighted by Gasteiger charge is -2.16. The first-order valence-electron chi connectivity index (χ1n) is 6.79. The molecule has 0 fully saturated rings. The number of carbonyl (C=O) groups is 1. The standard InChI is InChI=1S/C15H23FN2O2/c1-10(2)6-11(9-17)7-15(19)18-12-4-5-13(16)14(8-12)20-3/h4-5,8,10-11H,6-7,9,17H2,1-3H3,(H,18,19). The van der Waals surface area contributed by atoms with Crippen molar-refractivity contribution in [3.8, 4) is 5.75 Å². The molecule has 1 aromatic rings. The van der Waals surface area contributed by atoms with E-state index in [9.17, 15) is 9.18 Å². The third-order valence-electron chi connectivity index (χ3n) is 3.05. The van der Waals surface area contributed by atoms with Gasteiger partial charge in [0.05, 0.1) is 7.11 Å². The molecule has 0 saturated carbocycles. The van der Waals surface area contributed by atoms with Crippen molar-refractivity contribution in [1.29, 1.82) is 0 Å². The van der Waals surface area contributed by atoms with E-state index < -0.39 is 5.82 Å². The predicted molar refractivity (Wildman–Crippen MR) is 78.2 cm³/mol. The average molecular weight is 282 g/mol. The van der Waals surface area contributed by atoms with Gasteiger partial charge in [0.25, 0.3) is 0 Å². The van der Waals surface area contributed by atoms with Gasteiger partial charge in [-0.05, 0) is 36.9 Å². The third-order valence-corrected chi connectivity index (χ3v) is 3.05. The van der Waals surface area contributed by atoms with Gasteiger partial charge in [-0.3, -0.25) is 4.79 Å². The molecule has 112 valence electrons. The van der Waals surface area contributed by atoms with Crippen molar-refractivity contribution >= 4 is 11.6 Å². The molecule has 0 spiro atoms. The molecule has 5 heteroatoms. The molecule has 1 atom stereocenters. The smallest absolute Gasteiger partial charge is 0.224 e. The molecule has 1 unspecified atom stereocenters. The Morgan fingerprint density at radius 1 is 1.45 bits per heavy atom. The number of hydrogen-bond donors (Lipinski definition) is 2. The summed E-state index contributed by atoms with van der Waals surface area (Å²) in [6.45, 7) is 4.69. The van der Waals surface area contributed by atoms with Gasteiger partial charge in [0, 0.05) is 18.2 Å². The minimum atomic E-state index is -0.454. The van der Waals surface area contributed by atoms with Crippen LogP contribution in [0.3, 0.4) is 0 Å². The Hall–Kier alpha value is -1.62. The van der Waals surface area contributed by atoms with Crippen molar-refractivity contribution in [2.24, 2.45) is 17.6 Å². The quantitative estimate of drug-likeness (QED) is 0.808. The van der Waals surface area contributed by atoms with E-state index in [4.69, 9.17) is 10.5 Å². The van der Waals surface area contributed by atoms with E-state index in [-0.39, 0.29) is 17.6 Å². The number of ether oxygens (including phenoxy) is 1. The molecule has 0 radical (unpaired) electrons. The maximum absolute atomic E-state index is 13.3. The molecule has 4 nitrogen and oxygen atoms in total. The molecule has 1 amide bonds. The van der Waals surface area contributed by atoms with Crippen LogP contribution in [0.25, 0.3) is 0 Å². The summed E-state index contributed by atoms with van der Waals surface area (Å²) >= 11 is 0. The Kier molecular flexibility index (Phi) is 6.45. The lowest BCUT2D eigenvalue weighted by molar-refractivity contribution is -0.117. The van der Waals surface area contributed by atoms with Crippen LogP contribution in [0.15, 0.2) is 18.2 Å². The van der Waals surface area contributed by atoms with E-state index >= 15 is 0 Å². The molecule has 0 aromatic heterocycles. The Bertz CT molecular complexity index is 449. The molecule has 0 bridgehead atoms. The summed E-state index contributed by atoms with van der Waals surface area (Å²) < 4.78 is 18.1. The summed E-state index contributed by atoms with van der Waals surface area (Å²) in [5.74, 6) is 0.208. The lowest BCUT2D eigenvalue weighted by atomic mass is 9.94. The summed E-state index contributed by atoms with van der Waals surface area (Å²) in [5, 5.41) is 2.74. The fourth-order valence-corrected chi connectivity index (χ4v) is 2.14. The van der Waals surface area contributed by atoms with Crippen LogP contribution in [0.2, 0.25) is 0 Å². The highest BCUT2D eigenvalue weighted by atomic mass is 19.1. The molecular weight excluding hydrogens is 259 g/mol. The maximum atomic E-state index is 13.3. The molecule has 0 aliphatic carbocycles. The Balaban J connectivity index is 2.61. The molecule has 1 rings (SSSR count). The second kappa shape index (κ2) is 7.85. The summed E-state index contributed by atoms with van der Waals surface area (Å²) in [7, 11) is 1.39. The van der Waals surface area contributed by atoms with E-state index in [2.05, 4.69) is 19.2 Å². The first-order valence-corrected chi connectivity index (χ1v) is 6.79. The van der Waals surface area contributed by atoms with E-state index in [0.29, 0.717) is 24.6 Å². The van der Waals surface area contributed by atoms with E-state index in [1.54, 1.807) is 0 Å². The highest BCUT2D eigenvalue weighted by Gasteiger charge is 2.14. The van der Waals surface area contributed by atoms with E-state index in [1.165, 1.54) is 25.3 Å². The fourth-order valence-electron chi connectivity index (χ4n) is 2.14. The highest BCUT2D eigenvalue weighted by molar-refractivity contribution is 5.91. The van der Waals surface area contributed by atoms with E-state index in [0.717, 1.165) is 6.42 Å². The number of benzene rings is 1. The van der Waals surface area contributed by atoms with Crippen LogP contribution >= 0.6 is 0 Å². The van der Waals surface area contributed by atoms with Crippen LogP contribution < -0.4 is 15.8 Å².